The van der Waals surface area contributed by atoms with Crippen molar-refractivity contribution in [1.29, 1.82) is 0 Å². The van der Waals surface area contributed by atoms with Crippen LogP contribution < -0.4 is 0 Å². The first kappa shape index (κ1) is 14.4. The summed E-state index contributed by atoms with van der Waals surface area (Å²) in [6.07, 6.45) is 1.99. The van der Waals surface area contributed by atoms with E-state index >= 15 is 0 Å². The Morgan fingerprint density at radius 1 is 0.905 bits per heavy atom. The van der Waals surface area contributed by atoms with Crippen molar-refractivity contribution < 1.29 is 19.5 Å². The molecule has 6 heteroatoms. The molecule has 0 bridgehead atoms. The van der Waals surface area contributed by atoms with Gasteiger partial charge in [0.25, 0.3) is 0 Å². The van der Waals surface area contributed by atoms with Gasteiger partial charge in [-0.3, -0.25) is 14.4 Å². The van der Waals surface area contributed by atoms with Crippen molar-refractivity contribution in [3.63, 3.8) is 0 Å². The highest BCUT2D eigenvalue weighted by Crippen LogP contribution is 2.59. The number of amides is 2. The molecule has 0 spiro atoms. The molecule has 2 amide bonds. The molecule has 2 aliphatic carbocycles. The average Bonchev–Trinajstić information content (AvgIpc) is 3.33. The second-order valence-corrected chi connectivity index (χ2v) is 7.04. The van der Waals surface area contributed by atoms with Gasteiger partial charge in [-0.15, -0.1) is 0 Å². The summed E-state index contributed by atoms with van der Waals surface area (Å²) in [4.78, 5) is 39.2. The highest BCUT2D eigenvalue weighted by Gasteiger charge is 2.66. The molecule has 1 heterocycles. The fourth-order valence-corrected chi connectivity index (χ4v) is 3.49. The van der Waals surface area contributed by atoms with Crippen LogP contribution in [0.15, 0.2) is 0 Å². The van der Waals surface area contributed by atoms with Gasteiger partial charge in [0, 0.05) is 32.1 Å². The first-order valence-corrected chi connectivity index (χ1v) is 7.64. The van der Waals surface area contributed by atoms with E-state index in [1.165, 1.54) is 0 Å². The maximum atomic E-state index is 12.5. The van der Waals surface area contributed by atoms with E-state index in [0.29, 0.717) is 26.2 Å². The predicted octanol–water partition coefficient (Wildman–Crippen LogP) is 0.424. The smallest absolute Gasteiger partial charge is 0.307 e. The van der Waals surface area contributed by atoms with Crippen LogP contribution in [0, 0.1) is 23.2 Å². The molecule has 0 aromatic carbocycles. The zero-order valence-electron chi connectivity index (χ0n) is 12.5. The summed E-state index contributed by atoms with van der Waals surface area (Å²) in [7, 11) is 0. The summed E-state index contributed by atoms with van der Waals surface area (Å²) in [6, 6.07) is 0. The van der Waals surface area contributed by atoms with E-state index in [2.05, 4.69) is 0 Å². The minimum Gasteiger partial charge on any atom is -0.481 e. The number of rotatable bonds is 3. The van der Waals surface area contributed by atoms with Crippen LogP contribution >= 0.6 is 0 Å². The van der Waals surface area contributed by atoms with Crippen LogP contribution in [0.1, 0.15) is 26.7 Å². The van der Waals surface area contributed by atoms with Gasteiger partial charge < -0.3 is 14.9 Å². The minimum atomic E-state index is -0.888. The number of nitrogens with zero attached hydrogens (tertiary/aromatic N) is 2. The summed E-state index contributed by atoms with van der Waals surface area (Å²) in [5, 5.41) is 9.17. The van der Waals surface area contributed by atoms with Gasteiger partial charge in [-0.1, -0.05) is 13.8 Å². The van der Waals surface area contributed by atoms with Gasteiger partial charge in [-0.05, 0) is 18.3 Å². The molecule has 1 N–H and O–H groups in total. The molecule has 3 rings (SSSR count). The predicted molar refractivity (Wildman–Crippen MR) is 74.3 cm³/mol. The van der Waals surface area contributed by atoms with Crippen molar-refractivity contribution in [2.45, 2.75) is 26.7 Å². The molecular weight excluding hydrogens is 272 g/mol. The maximum Gasteiger partial charge on any atom is 0.307 e. The summed E-state index contributed by atoms with van der Waals surface area (Å²) in [5.74, 6) is -1.51. The van der Waals surface area contributed by atoms with Crippen LogP contribution in [0.4, 0.5) is 0 Å². The summed E-state index contributed by atoms with van der Waals surface area (Å²) in [6.45, 7) is 5.87. The van der Waals surface area contributed by atoms with Gasteiger partial charge in [-0.25, -0.2) is 0 Å². The highest BCUT2D eigenvalue weighted by atomic mass is 16.4. The van der Waals surface area contributed by atoms with Crippen molar-refractivity contribution in [1.82, 2.24) is 9.80 Å². The standard InChI is InChI=1S/C15H22N2O4/c1-15(2)10(11(15)14(20)21)13(19)17-7-5-16(6-8-17)12(18)9-3-4-9/h9-11H,3-8H2,1-2H3,(H,20,21)/t10-,11+/m1/s1. The molecule has 1 saturated heterocycles. The van der Waals surface area contributed by atoms with Gasteiger partial charge >= 0.3 is 5.97 Å². The van der Waals surface area contributed by atoms with Gasteiger partial charge in [0.2, 0.25) is 11.8 Å². The maximum absolute atomic E-state index is 12.5. The summed E-state index contributed by atoms with van der Waals surface area (Å²) >= 11 is 0. The molecule has 21 heavy (non-hydrogen) atoms. The van der Waals surface area contributed by atoms with Crippen LogP contribution in [0.2, 0.25) is 0 Å². The lowest BCUT2D eigenvalue weighted by Crippen LogP contribution is -2.51. The third kappa shape index (κ3) is 2.40. The monoisotopic (exact) mass is 294 g/mol. The van der Waals surface area contributed by atoms with E-state index < -0.39 is 23.2 Å². The number of hydrogen-bond donors (Lipinski definition) is 1. The Balaban J connectivity index is 1.56. The van der Waals surface area contributed by atoms with Crippen molar-refractivity contribution in [2.75, 3.05) is 26.2 Å². The van der Waals surface area contributed by atoms with Crippen LogP contribution in [0.5, 0.6) is 0 Å². The number of carbonyl (C=O) groups is 3. The largest absolute Gasteiger partial charge is 0.481 e. The molecule has 0 aromatic rings. The van der Waals surface area contributed by atoms with Crippen molar-refractivity contribution in [3.05, 3.63) is 0 Å². The molecule has 1 aliphatic heterocycles. The first-order valence-electron chi connectivity index (χ1n) is 7.64. The number of piperazine rings is 1. The molecule has 0 unspecified atom stereocenters. The Morgan fingerprint density at radius 3 is 1.76 bits per heavy atom. The Kier molecular flexibility index (Phi) is 3.22. The van der Waals surface area contributed by atoms with E-state index in [0.717, 1.165) is 12.8 Å². The Labute approximate surface area is 124 Å². The number of aliphatic carboxylic acids is 1. The van der Waals surface area contributed by atoms with E-state index in [1.807, 2.05) is 18.7 Å². The second kappa shape index (κ2) is 4.71. The number of carbonyl (C=O) groups excluding carboxylic acids is 2. The molecule has 2 saturated carbocycles. The molecular formula is C15H22N2O4. The molecule has 6 nitrogen and oxygen atoms in total. The number of carboxylic acid groups (broad SMARTS) is 1. The SMILES string of the molecule is CC1(C)[C@H](C(=O)O)[C@@H]1C(=O)N1CCN(C(=O)C2CC2)CC1. The van der Waals surface area contributed by atoms with E-state index in [9.17, 15) is 14.4 Å². The van der Waals surface area contributed by atoms with Crippen LogP contribution in [0.3, 0.4) is 0 Å². The molecule has 0 radical (unpaired) electrons. The van der Waals surface area contributed by atoms with Crippen molar-refractivity contribution in [3.8, 4) is 0 Å². The summed E-state index contributed by atoms with van der Waals surface area (Å²) < 4.78 is 0. The van der Waals surface area contributed by atoms with E-state index in [1.54, 1.807) is 4.90 Å². The summed E-state index contributed by atoms with van der Waals surface area (Å²) in [5.41, 5.74) is -0.454. The van der Waals surface area contributed by atoms with Gasteiger partial charge in [0.1, 0.15) is 0 Å². The lowest BCUT2D eigenvalue weighted by Gasteiger charge is -2.35. The average molecular weight is 294 g/mol. The molecule has 116 valence electrons. The molecule has 3 aliphatic rings. The minimum absolute atomic E-state index is 0.0640. The molecule has 3 fully saturated rings. The number of carboxylic acids is 1. The lowest BCUT2D eigenvalue weighted by atomic mass is 10.1. The Morgan fingerprint density at radius 2 is 1.38 bits per heavy atom. The first-order chi connectivity index (χ1) is 9.84. The van der Waals surface area contributed by atoms with Crippen molar-refractivity contribution >= 4 is 17.8 Å². The van der Waals surface area contributed by atoms with Crippen LogP contribution in [-0.2, 0) is 14.4 Å². The Bertz CT molecular complexity index is 490. The molecule has 0 aromatic heterocycles. The highest BCUT2D eigenvalue weighted by molar-refractivity contribution is 5.92. The second-order valence-electron chi connectivity index (χ2n) is 7.04. The number of hydrogen-bond acceptors (Lipinski definition) is 3. The molecule has 2 atom stereocenters. The normalized spacial score (nSPS) is 31.0. The zero-order valence-corrected chi connectivity index (χ0v) is 12.5. The van der Waals surface area contributed by atoms with Crippen LogP contribution in [0.25, 0.3) is 0 Å². The Hall–Kier alpha value is -1.59. The topological polar surface area (TPSA) is 77.9 Å². The van der Waals surface area contributed by atoms with E-state index in [4.69, 9.17) is 5.11 Å². The fraction of sp³-hybridized carbons (Fsp3) is 0.800. The van der Waals surface area contributed by atoms with E-state index in [-0.39, 0.29) is 17.7 Å². The zero-order chi connectivity index (χ0) is 15.4. The third-order valence-electron chi connectivity index (χ3n) is 5.19. The third-order valence-corrected chi connectivity index (χ3v) is 5.19. The van der Waals surface area contributed by atoms with Gasteiger partial charge in [0.05, 0.1) is 11.8 Å². The van der Waals surface area contributed by atoms with Crippen molar-refractivity contribution in [2.24, 2.45) is 23.2 Å². The van der Waals surface area contributed by atoms with Gasteiger partial charge in [-0.2, -0.15) is 0 Å². The fourth-order valence-electron chi connectivity index (χ4n) is 3.49. The van der Waals surface area contributed by atoms with Gasteiger partial charge in [0.15, 0.2) is 0 Å². The lowest BCUT2D eigenvalue weighted by molar-refractivity contribution is -0.143. The van der Waals surface area contributed by atoms with Crippen LogP contribution in [-0.4, -0.2) is 58.9 Å². The quantitative estimate of drug-likeness (QED) is 0.818.